The van der Waals surface area contributed by atoms with E-state index in [0.29, 0.717) is 11.9 Å². The van der Waals surface area contributed by atoms with E-state index < -0.39 is 0 Å². The maximum absolute atomic E-state index is 5.98. The van der Waals surface area contributed by atoms with Crippen LogP contribution < -0.4 is 4.74 Å². The van der Waals surface area contributed by atoms with E-state index in [1.54, 1.807) is 7.11 Å². The number of imidazole rings is 1. The maximum atomic E-state index is 5.98. The smallest absolute Gasteiger partial charge is 0.125 e. The van der Waals surface area contributed by atoms with Crippen molar-refractivity contribution < 1.29 is 4.74 Å². The van der Waals surface area contributed by atoms with Crippen LogP contribution in [0.2, 0.25) is 0 Å². The van der Waals surface area contributed by atoms with Gasteiger partial charge in [0.15, 0.2) is 0 Å². The van der Waals surface area contributed by atoms with Gasteiger partial charge in [-0.25, -0.2) is 4.98 Å². The Labute approximate surface area is 105 Å². The van der Waals surface area contributed by atoms with Crippen LogP contribution in [0.25, 0.3) is 11.0 Å². The summed E-state index contributed by atoms with van der Waals surface area (Å²) in [5.41, 5.74) is 2.13. The van der Waals surface area contributed by atoms with Gasteiger partial charge in [-0.3, -0.25) is 0 Å². The molecule has 1 aromatic carbocycles. The van der Waals surface area contributed by atoms with E-state index in [4.69, 9.17) is 16.3 Å². The van der Waals surface area contributed by atoms with Crippen molar-refractivity contribution in [3.63, 3.8) is 0 Å². The van der Waals surface area contributed by atoms with Crippen molar-refractivity contribution >= 4 is 22.6 Å². The highest BCUT2D eigenvalue weighted by Crippen LogP contribution is 2.45. The topological polar surface area (TPSA) is 27.1 Å². The van der Waals surface area contributed by atoms with Crippen LogP contribution in [0.15, 0.2) is 18.2 Å². The minimum Gasteiger partial charge on any atom is -0.497 e. The molecule has 0 saturated heterocycles. The molecule has 0 amide bonds. The van der Waals surface area contributed by atoms with E-state index in [-0.39, 0.29) is 0 Å². The number of halogens is 1. The van der Waals surface area contributed by atoms with Crippen molar-refractivity contribution in [2.45, 2.75) is 25.3 Å². The molecule has 1 fully saturated rings. The van der Waals surface area contributed by atoms with Crippen molar-refractivity contribution in [1.29, 1.82) is 0 Å². The molecule has 0 aliphatic heterocycles. The second-order valence-electron chi connectivity index (χ2n) is 4.67. The summed E-state index contributed by atoms with van der Waals surface area (Å²) < 4.78 is 7.55. The van der Waals surface area contributed by atoms with E-state index >= 15 is 0 Å². The molecule has 0 radical (unpaired) electrons. The van der Waals surface area contributed by atoms with Crippen molar-refractivity contribution in [2.24, 2.45) is 5.92 Å². The molecule has 90 valence electrons. The first-order valence-electron chi connectivity index (χ1n) is 5.85. The molecule has 1 aliphatic carbocycles. The number of hydrogen-bond donors (Lipinski definition) is 0. The van der Waals surface area contributed by atoms with Crippen LogP contribution in [-0.4, -0.2) is 16.7 Å². The molecular weight excluding hydrogens is 236 g/mol. The molecule has 0 bridgehead atoms. The van der Waals surface area contributed by atoms with E-state index in [0.717, 1.165) is 28.5 Å². The van der Waals surface area contributed by atoms with Gasteiger partial charge in [0.2, 0.25) is 0 Å². The summed E-state index contributed by atoms with van der Waals surface area (Å²) in [4.78, 5) is 4.58. The third kappa shape index (κ3) is 1.69. The average Bonchev–Trinajstić information content (AvgIpc) is 2.94. The second kappa shape index (κ2) is 3.91. The third-order valence-corrected chi connectivity index (χ3v) is 3.73. The number of fused-ring (bicyclic) bond motifs is 1. The molecule has 0 N–H and O–H groups in total. The van der Waals surface area contributed by atoms with Crippen molar-refractivity contribution in [2.75, 3.05) is 7.11 Å². The fraction of sp³-hybridized carbons (Fsp3) is 0.462. The van der Waals surface area contributed by atoms with Crippen LogP contribution in [0, 0.1) is 5.92 Å². The van der Waals surface area contributed by atoms with Crippen molar-refractivity contribution in [1.82, 2.24) is 9.55 Å². The average molecular weight is 251 g/mol. The Morgan fingerprint density at radius 1 is 1.53 bits per heavy atom. The highest BCUT2D eigenvalue weighted by molar-refractivity contribution is 6.16. The lowest BCUT2D eigenvalue weighted by molar-refractivity contribution is 0.415. The van der Waals surface area contributed by atoms with Crippen LogP contribution in [0.1, 0.15) is 25.2 Å². The Hall–Kier alpha value is -1.22. The Kier molecular flexibility index (Phi) is 2.51. The van der Waals surface area contributed by atoms with Gasteiger partial charge in [-0.05, 0) is 24.5 Å². The SMILES string of the molecule is COc1ccc2nc(CCl)n(C3CC3C)c2c1. The van der Waals surface area contributed by atoms with Gasteiger partial charge >= 0.3 is 0 Å². The van der Waals surface area contributed by atoms with Gasteiger partial charge in [0.1, 0.15) is 11.6 Å². The largest absolute Gasteiger partial charge is 0.497 e. The van der Waals surface area contributed by atoms with Gasteiger partial charge in [-0.2, -0.15) is 0 Å². The number of aromatic nitrogens is 2. The van der Waals surface area contributed by atoms with Crippen molar-refractivity contribution in [3.8, 4) is 5.75 Å². The maximum Gasteiger partial charge on any atom is 0.125 e. The fourth-order valence-corrected chi connectivity index (χ4v) is 2.56. The molecule has 3 rings (SSSR count). The quantitative estimate of drug-likeness (QED) is 0.781. The first-order valence-corrected chi connectivity index (χ1v) is 6.39. The lowest BCUT2D eigenvalue weighted by atomic mass is 10.3. The predicted octanol–water partition coefficient (Wildman–Crippen LogP) is 3.36. The molecule has 1 saturated carbocycles. The molecule has 3 nitrogen and oxygen atoms in total. The van der Waals surface area contributed by atoms with E-state index in [1.165, 1.54) is 6.42 Å². The van der Waals surface area contributed by atoms with E-state index in [1.807, 2.05) is 18.2 Å². The Bertz CT molecular complexity index is 564. The minimum atomic E-state index is 0.459. The molecule has 2 atom stereocenters. The van der Waals surface area contributed by atoms with Gasteiger partial charge in [-0.1, -0.05) is 6.92 Å². The number of rotatable bonds is 3. The summed E-state index contributed by atoms with van der Waals surface area (Å²) in [7, 11) is 1.68. The molecule has 4 heteroatoms. The van der Waals surface area contributed by atoms with Crippen LogP contribution in [0.4, 0.5) is 0 Å². The molecule has 2 unspecified atom stereocenters. The Balaban J connectivity index is 2.20. The zero-order valence-electron chi connectivity index (χ0n) is 9.98. The predicted molar refractivity (Wildman–Crippen MR) is 68.7 cm³/mol. The molecule has 0 spiro atoms. The van der Waals surface area contributed by atoms with Crippen LogP contribution >= 0.6 is 11.6 Å². The third-order valence-electron chi connectivity index (χ3n) is 3.49. The van der Waals surface area contributed by atoms with Gasteiger partial charge in [0.25, 0.3) is 0 Å². The Morgan fingerprint density at radius 3 is 2.88 bits per heavy atom. The molecule has 2 aromatic rings. The van der Waals surface area contributed by atoms with E-state index in [2.05, 4.69) is 16.5 Å². The normalized spacial score (nSPS) is 23.0. The van der Waals surface area contributed by atoms with Crippen LogP contribution in [0.5, 0.6) is 5.75 Å². The van der Waals surface area contributed by atoms with Gasteiger partial charge in [0.05, 0.1) is 24.0 Å². The highest BCUT2D eigenvalue weighted by Gasteiger charge is 2.36. The number of hydrogen-bond acceptors (Lipinski definition) is 2. The first-order chi connectivity index (χ1) is 8.24. The fourth-order valence-electron chi connectivity index (χ4n) is 2.38. The first kappa shape index (κ1) is 10.9. The molecule has 1 aliphatic rings. The highest BCUT2D eigenvalue weighted by atomic mass is 35.5. The van der Waals surface area contributed by atoms with Gasteiger partial charge in [0, 0.05) is 12.1 Å². The lowest BCUT2D eigenvalue weighted by Crippen LogP contribution is -2.00. The summed E-state index contributed by atoms with van der Waals surface area (Å²) in [6, 6.07) is 6.53. The standard InChI is InChI=1S/C13H15ClN2O/c1-8-5-11(8)16-12-6-9(17-2)3-4-10(12)15-13(16)7-14/h3-4,6,8,11H,5,7H2,1-2H3. The van der Waals surface area contributed by atoms with Crippen molar-refractivity contribution in [3.05, 3.63) is 24.0 Å². The molecular formula is C13H15ClN2O. The van der Waals surface area contributed by atoms with E-state index in [9.17, 15) is 0 Å². The van der Waals surface area contributed by atoms with Crippen LogP contribution in [-0.2, 0) is 5.88 Å². The number of methoxy groups -OCH3 is 1. The number of ether oxygens (including phenoxy) is 1. The second-order valence-corrected chi connectivity index (χ2v) is 4.93. The number of alkyl halides is 1. The molecule has 1 heterocycles. The number of nitrogens with zero attached hydrogens (tertiary/aromatic N) is 2. The summed E-state index contributed by atoms with van der Waals surface area (Å²) >= 11 is 5.98. The lowest BCUT2D eigenvalue weighted by Gasteiger charge is -2.07. The summed E-state index contributed by atoms with van der Waals surface area (Å²) in [6.07, 6.45) is 1.21. The van der Waals surface area contributed by atoms with Crippen LogP contribution in [0.3, 0.4) is 0 Å². The van der Waals surface area contributed by atoms with Gasteiger partial charge < -0.3 is 9.30 Å². The number of benzene rings is 1. The summed E-state index contributed by atoms with van der Waals surface area (Å²) in [5, 5.41) is 0. The molecule has 1 aromatic heterocycles. The molecule has 17 heavy (non-hydrogen) atoms. The zero-order chi connectivity index (χ0) is 12.0. The van der Waals surface area contributed by atoms with Gasteiger partial charge in [-0.15, -0.1) is 11.6 Å². The summed E-state index contributed by atoms with van der Waals surface area (Å²) in [5.74, 6) is 3.01. The summed E-state index contributed by atoms with van der Waals surface area (Å²) in [6.45, 7) is 2.26. The zero-order valence-corrected chi connectivity index (χ0v) is 10.7. The minimum absolute atomic E-state index is 0.459. The Morgan fingerprint density at radius 2 is 2.29 bits per heavy atom. The monoisotopic (exact) mass is 250 g/mol.